The van der Waals surface area contributed by atoms with Gasteiger partial charge in [-0.1, -0.05) is 21.2 Å². The van der Waals surface area contributed by atoms with Crippen LogP contribution in [0, 0.1) is 0 Å². The summed E-state index contributed by atoms with van der Waals surface area (Å²) in [5.74, 6) is -0.646. The highest BCUT2D eigenvalue weighted by molar-refractivity contribution is 9.10. The van der Waals surface area contributed by atoms with E-state index in [9.17, 15) is 14.4 Å². The number of anilines is 2. The fourth-order valence-corrected chi connectivity index (χ4v) is 3.61. The minimum atomic E-state index is -0.954. The lowest BCUT2D eigenvalue weighted by atomic mass is 10.1. The second-order valence-electron chi connectivity index (χ2n) is 6.69. The smallest absolute Gasteiger partial charge is 0.263 e. The molecule has 0 saturated carbocycles. The van der Waals surface area contributed by atoms with Gasteiger partial charge in [0.1, 0.15) is 12.3 Å². The Labute approximate surface area is 180 Å². The summed E-state index contributed by atoms with van der Waals surface area (Å²) in [5.41, 5.74) is 1.04. The van der Waals surface area contributed by atoms with E-state index in [4.69, 9.17) is 4.74 Å². The highest BCUT2D eigenvalue weighted by Gasteiger charge is 2.55. The molecule has 0 radical (unpaired) electrons. The monoisotopic (exact) mass is 471 g/mol. The van der Waals surface area contributed by atoms with E-state index >= 15 is 0 Å². The number of hydrogen-bond donors (Lipinski definition) is 1. The average molecular weight is 472 g/mol. The third-order valence-electron chi connectivity index (χ3n) is 4.70. The summed E-state index contributed by atoms with van der Waals surface area (Å²) in [6.07, 6.45) is 0. The zero-order valence-corrected chi connectivity index (χ0v) is 17.6. The molecule has 2 unspecified atom stereocenters. The molecule has 3 amide bonds. The van der Waals surface area contributed by atoms with Crippen LogP contribution in [0.3, 0.4) is 0 Å². The minimum absolute atomic E-state index is 0.198. The number of rotatable bonds is 6. The van der Waals surface area contributed by atoms with Gasteiger partial charge in [0, 0.05) is 10.2 Å². The van der Waals surface area contributed by atoms with E-state index in [1.807, 2.05) is 6.92 Å². The highest BCUT2D eigenvalue weighted by Crippen LogP contribution is 2.32. The Balaban J connectivity index is 1.46. The molecule has 4 rings (SSSR count). The number of nitrogens with one attached hydrogen (secondary N) is 1. The SMILES string of the molecule is CCOc1ccc(N2C(=O)C3N=NN(CC(=O)Nc4ccc(Br)cc4)C3C2=O)cc1. The van der Waals surface area contributed by atoms with Crippen molar-refractivity contribution in [3.63, 3.8) is 0 Å². The van der Waals surface area contributed by atoms with E-state index in [0.717, 1.165) is 9.37 Å². The van der Waals surface area contributed by atoms with E-state index in [2.05, 4.69) is 31.6 Å². The van der Waals surface area contributed by atoms with Crippen molar-refractivity contribution in [3.8, 4) is 5.75 Å². The van der Waals surface area contributed by atoms with Gasteiger partial charge in [0.25, 0.3) is 11.8 Å². The van der Waals surface area contributed by atoms with Crippen LogP contribution in [-0.2, 0) is 14.4 Å². The van der Waals surface area contributed by atoms with E-state index < -0.39 is 23.9 Å². The van der Waals surface area contributed by atoms with E-state index in [-0.39, 0.29) is 12.5 Å². The van der Waals surface area contributed by atoms with E-state index in [0.29, 0.717) is 23.7 Å². The van der Waals surface area contributed by atoms with Gasteiger partial charge < -0.3 is 10.1 Å². The lowest BCUT2D eigenvalue weighted by Gasteiger charge is -2.20. The first-order chi connectivity index (χ1) is 14.5. The summed E-state index contributed by atoms with van der Waals surface area (Å²) in [5, 5.41) is 11.8. The number of nitrogens with zero attached hydrogens (tertiary/aromatic N) is 4. The molecule has 0 aliphatic carbocycles. The Bertz CT molecular complexity index is 1010. The van der Waals surface area contributed by atoms with Crippen molar-refractivity contribution in [1.29, 1.82) is 0 Å². The fraction of sp³-hybridized carbons (Fsp3) is 0.250. The molecule has 30 heavy (non-hydrogen) atoms. The summed E-state index contributed by atoms with van der Waals surface area (Å²) in [6, 6.07) is 11.9. The first kappa shape index (κ1) is 20.0. The standard InChI is InChI=1S/C20H18BrN5O4/c1-2-30-15-9-7-14(8-10-15)26-19(28)17-18(20(26)29)25(24-23-17)11-16(27)22-13-5-3-12(21)4-6-13/h3-10,17-18H,2,11H2,1H3,(H,22,27). The Morgan fingerprint density at radius 1 is 1.10 bits per heavy atom. The summed E-state index contributed by atoms with van der Waals surface area (Å²) >= 11 is 3.33. The maximum absolute atomic E-state index is 13.0. The number of benzene rings is 2. The molecule has 2 aliphatic rings. The second kappa shape index (κ2) is 8.23. The zero-order valence-electron chi connectivity index (χ0n) is 16.0. The van der Waals surface area contributed by atoms with Crippen LogP contribution in [0.4, 0.5) is 11.4 Å². The van der Waals surface area contributed by atoms with Crippen LogP contribution in [0.5, 0.6) is 5.75 Å². The molecular formula is C20H18BrN5O4. The summed E-state index contributed by atoms with van der Waals surface area (Å²) < 4.78 is 6.28. The first-order valence-corrected chi connectivity index (χ1v) is 10.1. The third kappa shape index (κ3) is 3.78. The molecule has 2 heterocycles. The maximum atomic E-state index is 13.0. The number of hydrogen-bond acceptors (Lipinski definition) is 7. The zero-order chi connectivity index (χ0) is 21.3. The number of ether oxygens (including phenoxy) is 1. The number of carbonyl (C=O) groups excluding carboxylic acids is 3. The van der Waals surface area contributed by atoms with Crippen molar-refractivity contribution in [3.05, 3.63) is 53.0 Å². The maximum Gasteiger partial charge on any atom is 0.263 e. The largest absolute Gasteiger partial charge is 0.494 e. The van der Waals surface area contributed by atoms with Gasteiger partial charge in [-0.25, -0.2) is 4.90 Å². The number of fused-ring (bicyclic) bond motifs is 1. The fourth-order valence-electron chi connectivity index (χ4n) is 3.35. The molecule has 1 fully saturated rings. The van der Waals surface area contributed by atoms with Gasteiger partial charge in [-0.15, -0.1) is 0 Å². The van der Waals surface area contributed by atoms with Gasteiger partial charge in [0.05, 0.1) is 12.3 Å². The molecule has 0 spiro atoms. The van der Waals surface area contributed by atoms with Crippen molar-refractivity contribution >= 4 is 45.0 Å². The number of imide groups is 1. The van der Waals surface area contributed by atoms with Crippen LogP contribution >= 0.6 is 15.9 Å². The lowest BCUT2D eigenvalue weighted by Crippen LogP contribution is -2.43. The molecule has 2 atom stereocenters. The van der Waals surface area contributed by atoms with Crippen molar-refractivity contribution in [1.82, 2.24) is 5.01 Å². The normalized spacial score (nSPS) is 19.9. The van der Waals surface area contributed by atoms with E-state index in [1.165, 1.54) is 5.01 Å². The lowest BCUT2D eigenvalue weighted by molar-refractivity contribution is -0.123. The Hall–Kier alpha value is -3.27. The Morgan fingerprint density at radius 3 is 2.47 bits per heavy atom. The molecule has 1 N–H and O–H groups in total. The molecule has 9 nitrogen and oxygen atoms in total. The molecule has 2 aromatic carbocycles. The Morgan fingerprint density at radius 2 is 1.80 bits per heavy atom. The van der Waals surface area contributed by atoms with Crippen LogP contribution in [0.25, 0.3) is 0 Å². The van der Waals surface area contributed by atoms with Crippen molar-refractivity contribution in [2.75, 3.05) is 23.4 Å². The van der Waals surface area contributed by atoms with Crippen molar-refractivity contribution in [2.45, 2.75) is 19.0 Å². The molecule has 154 valence electrons. The van der Waals surface area contributed by atoms with Gasteiger partial charge in [-0.05, 0) is 55.5 Å². The highest BCUT2D eigenvalue weighted by atomic mass is 79.9. The first-order valence-electron chi connectivity index (χ1n) is 9.31. The number of carbonyl (C=O) groups is 3. The molecule has 0 aromatic heterocycles. The van der Waals surface area contributed by atoms with E-state index in [1.54, 1.807) is 48.5 Å². The van der Waals surface area contributed by atoms with Crippen LogP contribution in [0.15, 0.2) is 63.3 Å². The second-order valence-corrected chi connectivity index (χ2v) is 7.60. The third-order valence-corrected chi connectivity index (χ3v) is 5.23. The predicted molar refractivity (Wildman–Crippen MR) is 112 cm³/mol. The predicted octanol–water partition coefficient (Wildman–Crippen LogP) is 2.78. The van der Waals surface area contributed by atoms with Crippen molar-refractivity contribution < 1.29 is 19.1 Å². The van der Waals surface area contributed by atoms with Crippen LogP contribution in [-0.4, -0.2) is 48.0 Å². The van der Waals surface area contributed by atoms with Crippen molar-refractivity contribution in [2.24, 2.45) is 10.3 Å². The number of halogens is 1. The molecule has 0 bridgehead atoms. The molecule has 10 heteroatoms. The van der Waals surface area contributed by atoms with Crippen LogP contribution < -0.4 is 15.0 Å². The number of amides is 3. The van der Waals surface area contributed by atoms with Gasteiger partial charge in [0.15, 0.2) is 12.1 Å². The summed E-state index contributed by atoms with van der Waals surface area (Å²) in [7, 11) is 0. The quantitative estimate of drug-likeness (QED) is 0.652. The molecule has 2 aliphatic heterocycles. The molecule has 1 saturated heterocycles. The summed E-state index contributed by atoms with van der Waals surface area (Å²) in [6.45, 7) is 2.19. The summed E-state index contributed by atoms with van der Waals surface area (Å²) in [4.78, 5) is 39.2. The average Bonchev–Trinajstić information content (AvgIpc) is 3.24. The Kier molecular flexibility index (Phi) is 5.49. The molecule has 2 aromatic rings. The van der Waals surface area contributed by atoms with Crippen LogP contribution in [0.1, 0.15) is 6.92 Å². The topological polar surface area (TPSA) is 104 Å². The minimum Gasteiger partial charge on any atom is -0.494 e. The van der Waals surface area contributed by atoms with Gasteiger partial charge in [0.2, 0.25) is 5.91 Å². The van der Waals surface area contributed by atoms with Crippen LogP contribution in [0.2, 0.25) is 0 Å². The van der Waals surface area contributed by atoms with Gasteiger partial charge >= 0.3 is 0 Å². The van der Waals surface area contributed by atoms with Gasteiger partial charge in [-0.3, -0.25) is 19.4 Å². The molecular weight excluding hydrogens is 454 g/mol. The van der Waals surface area contributed by atoms with Gasteiger partial charge in [-0.2, -0.15) is 5.11 Å².